The highest BCUT2D eigenvalue weighted by molar-refractivity contribution is 9.10. The number of anilines is 1. The monoisotopic (exact) mass is 202 g/mol. The average molecular weight is 203 g/mol. The van der Waals surface area contributed by atoms with Gasteiger partial charge in [0, 0.05) is 12.7 Å². The van der Waals surface area contributed by atoms with Crippen LogP contribution in [0.25, 0.3) is 0 Å². The lowest BCUT2D eigenvalue weighted by Gasteiger charge is -1.98. The summed E-state index contributed by atoms with van der Waals surface area (Å²) < 4.78 is 0.796. The molecule has 0 unspecified atom stereocenters. The van der Waals surface area contributed by atoms with Crippen molar-refractivity contribution in [3.8, 4) is 0 Å². The van der Waals surface area contributed by atoms with Crippen molar-refractivity contribution in [1.82, 2.24) is 9.97 Å². The zero-order valence-electron chi connectivity index (χ0n) is 5.21. The molecule has 0 aliphatic carbocycles. The van der Waals surface area contributed by atoms with Crippen LogP contribution in [0.15, 0.2) is 10.7 Å². The van der Waals surface area contributed by atoms with Gasteiger partial charge in [0.2, 0.25) is 5.95 Å². The first-order chi connectivity index (χ1) is 4.74. The Kier molecular flexibility index (Phi) is 2.18. The van der Waals surface area contributed by atoms with Crippen LogP contribution in [0.2, 0.25) is 0 Å². The molecule has 0 bridgehead atoms. The van der Waals surface area contributed by atoms with Gasteiger partial charge in [0.1, 0.15) is 0 Å². The molecule has 0 saturated carbocycles. The third-order valence-electron chi connectivity index (χ3n) is 1.03. The standard InChI is InChI=1S/C5H7BrN4/c6-3-2-9-5(8)10-4(3)1-7/h2H,1,7H2,(H2,8,9,10). The van der Waals surface area contributed by atoms with Gasteiger partial charge in [-0.1, -0.05) is 0 Å². The Labute approximate surface area is 66.8 Å². The summed E-state index contributed by atoms with van der Waals surface area (Å²) in [6, 6.07) is 0. The largest absolute Gasteiger partial charge is 0.368 e. The third-order valence-corrected chi connectivity index (χ3v) is 1.69. The summed E-state index contributed by atoms with van der Waals surface area (Å²) in [4.78, 5) is 7.64. The number of nitrogen functional groups attached to an aromatic ring is 1. The van der Waals surface area contributed by atoms with Crippen LogP contribution in [0.5, 0.6) is 0 Å². The number of nitrogens with zero attached hydrogens (tertiary/aromatic N) is 2. The molecule has 1 aromatic heterocycles. The number of hydrogen-bond donors (Lipinski definition) is 2. The van der Waals surface area contributed by atoms with E-state index in [0.717, 1.165) is 10.2 Å². The Morgan fingerprint density at radius 3 is 2.80 bits per heavy atom. The van der Waals surface area contributed by atoms with E-state index in [0.29, 0.717) is 6.54 Å². The van der Waals surface area contributed by atoms with Crippen molar-refractivity contribution >= 4 is 21.9 Å². The van der Waals surface area contributed by atoms with E-state index in [-0.39, 0.29) is 5.95 Å². The second-order valence-corrected chi connectivity index (χ2v) is 2.58. The third kappa shape index (κ3) is 1.43. The molecule has 4 nitrogen and oxygen atoms in total. The number of rotatable bonds is 1. The first-order valence-corrected chi connectivity index (χ1v) is 3.50. The van der Waals surface area contributed by atoms with Gasteiger partial charge in [0.25, 0.3) is 0 Å². The molecule has 1 rings (SSSR count). The normalized spacial score (nSPS) is 9.80. The van der Waals surface area contributed by atoms with Crippen LogP contribution >= 0.6 is 15.9 Å². The molecular weight excluding hydrogens is 196 g/mol. The molecular formula is C5H7BrN4. The predicted octanol–water partition coefficient (Wildman–Crippen LogP) is 0.280. The number of hydrogen-bond acceptors (Lipinski definition) is 4. The van der Waals surface area contributed by atoms with E-state index in [9.17, 15) is 0 Å². The smallest absolute Gasteiger partial charge is 0.220 e. The minimum atomic E-state index is 0.253. The maximum Gasteiger partial charge on any atom is 0.220 e. The maximum atomic E-state index is 5.34. The van der Waals surface area contributed by atoms with E-state index in [1.807, 2.05) is 0 Å². The van der Waals surface area contributed by atoms with Gasteiger partial charge in [-0.25, -0.2) is 9.97 Å². The Bertz CT molecular complexity index is 237. The average Bonchev–Trinajstić information content (AvgIpc) is 1.94. The Balaban J connectivity index is 3.09. The molecule has 1 aromatic rings. The van der Waals surface area contributed by atoms with E-state index in [2.05, 4.69) is 25.9 Å². The SMILES string of the molecule is NCc1nc(N)ncc1Br. The second kappa shape index (κ2) is 2.94. The first-order valence-electron chi connectivity index (χ1n) is 2.71. The first kappa shape index (κ1) is 7.43. The van der Waals surface area contributed by atoms with Gasteiger partial charge in [-0.05, 0) is 15.9 Å². The maximum absolute atomic E-state index is 5.34. The fourth-order valence-corrected chi connectivity index (χ4v) is 0.914. The van der Waals surface area contributed by atoms with Gasteiger partial charge in [-0.3, -0.25) is 0 Å². The van der Waals surface area contributed by atoms with Crippen LogP contribution in [0.4, 0.5) is 5.95 Å². The Morgan fingerprint density at radius 1 is 1.60 bits per heavy atom. The zero-order valence-corrected chi connectivity index (χ0v) is 6.80. The molecule has 4 N–H and O–H groups in total. The number of aromatic nitrogens is 2. The van der Waals surface area contributed by atoms with E-state index in [1.165, 1.54) is 0 Å². The second-order valence-electron chi connectivity index (χ2n) is 1.73. The van der Waals surface area contributed by atoms with Crippen LogP contribution in [-0.4, -0.2) is 9.97 Å². The summed E-state index contributed by atoms with van der Waals surface area (Å²) in [5.41, 5.74) is 11.4. The molecule has 0 amide bonds. The highest BCUT2D eigenvalue weighted by Crippen LogP contribution is 2.12. The molecule has 0 aliphatic heterocycles. The molecule has 0 aliphatic rings. The number of halogens is 1. The molecule has 5 heteroatoms. The van der Waals surface area contributed by atoms with Crippen molar-refractivity contribution in [2.24, 2.45) is 5.73 Å². The van der Waals surface area contributed by atoms with Gasteiger partial charge in [-0.2, -0.15) is 0 Å². The molecule has 0 atom stereocenters. The van der Waals surface area contributed by atoms with Gasteiger partial charge in [0.05, 0.1) is 10.2 Å². The zero-order chi connectivity index (χ0) is 7.56. The lowest BCUT2D eigenvalue weighted by Crippen LogP contribution is -2.04. The lowest BCUT2D eigenvalue weighted by molar-refractivity contribution is 0.960. The number of nitrogens with two attached hydrogens (primary N) is 2. The van der Waals surface area contributed by atoms with Crippen LogP contribution in [0.1, 0.15) is 5.69 Å². The van der Waals surface area contributed by atoms with Crippen LogP contribution in [-0.2, 0) is 6.54 Å². The fourth-order valence-electron chi connectivity index (χ4n) is 0.561. The van der Waals surface area contributed by atoms with Crippen LogP contribution in [0.3, 0.4) is 0 Å². The van der Waals surface area contributed by atoms with Crippen molar-refractivity contribution < 1.29 is 0 Å². The summed E-state index contributed by atoms with van der Waals surface area (Å²) in [7, 11) is 0. The van der Waals surface area contributed by atoms with Gasteiger partial charge in [-0.15, -0.1) is 0 Å². The van der Waals surface area contributed by atoms with Gasteiger partial charge < -0.3 is 11.5 Å². The summed E-state index contributed by atoms with van der Waals surface area (Å²) in [5.74, 6) is 0.253. The van der Waals surface area contributed by atoms with Crippen molar-refractivity contribution in [2.45, 2.75) is 6.54 Å². The molecule has 54 valence electrons. The Hall–Kier alpha value is -0.680. The lowest BCUT2D eigenvalue weighted by atomic mass is 10.4. The molecule has 0 saturated heterocycles. The highest BCUT2D eigenvalue weighted by Gasteiger charge is 1.98. The minimum absolute atomic E-state index is 0.253. The topological polar surface area (TPSA) is 77.8 Å². The Morgan fingerprint density at radius 2 is 2.30 bits per heavy atom. The van der Waals surface area contributed by atoms with Crippen molar-refractivity contribution in [3.05, 3.63) is 16.4 Å². The van der Waals surface area contributed by atoms with Crippen molar-refractivity contribution in [2.75, 3.05) is 5.73 Å². The van der Waals surface area contributed by atoms with E-state index in [1.54, 1.807) is 6.20 Å². The predicted molar refractivity (Wildman–Crippen MR) is 42.0 cm³/mol. The summed E-state index contributed by atoms with van der Waals surface area (Å²) in [6.07, 6.45) is 1.59. The minimum Gasteiger partial charge on any atom is -0.368 e. The highest BCUT2D eigenvalue weighted by atomic mass is 79.9. The van der Waals surface area contributed by atoms with E-state index < -0.39 is 0 Å². The molecule has 10 heavy (non-hydrogen) atoms. The van der Waals surface area contributed by atoms with Crippen molar-refractivity contribution in [1.29, 1.82) is 0 Å². The summed E-state index contributed by atoms with van der Waals surface area (Å²) >= 11 is 3.23. The van der Waals surface area contributed by atoms with Crippen LogP contribution in [0, 0.1) is 0 Å². The van der Waals surface area contributed by atoms with E-state index >= 15 is 0 Å². The van der Waals surface area contributed by atoms with Crippen molar-refractivity contribution in [3.63, 3.8) is 0 Å². The molecule has 1 heterocycles. The fraction of sp³-hybridized carbons (Fsp3) is 0.200. The van der Waals surface area contributed by atoms with Gasteiger partial charge >= 0.3 is 0 Å². The van der Waals surface area contributed by atoms with E-state index in [4.69, 9.17) is 11.5 Å². The molecule has 0 spiro atoms. The summed E-state index contributed by atoms with van der Waals surface area (Å²) in [5, 5.41) is 0. The molecule has 0 fully saturated rings. The van der Waals surface area contributed by atoms with Crippen LogP contribution < -0.4 is 11.5 Å². The molecule has 0 aromatic carbocycles. The molecule has 0 radical (unpaired) electrons. The van der Waals surface area contributed by atoms with Gasteiger partial charge in [0.15, 0.2) is 0 Å². The summed E-state index contributed by atoms with van der Waals surface area (Å²) in [6.45, 7) is 0.368. The quantitative estimate of drug-likeness (QED) is 0.687.